The fraction of sp³-hybridized carbons (Fsp3) is 0.130. The van der Waals surface area contributed by atoms with E-state index in [1.165, 1.54) is 18.3 Å². The lowest BCUT2D eigenvalue weighted by atomic mass is 10.1. The standard InChI is InChI=1S/C23H19ClN4O3S/c1-14(29)31-12-10-15-2-4-17(5-3-15)21-26-19(16-6-8-18(24)9-7-16)20(27-21)22(30)28-23-25-11-13-32-23/h2-9,11,13H,10,12H2,1H3,(H,26,27)(H,25,28,30). The molecule has 4 aromatic rings. The Morgan fingerprint density at radius 2 is 1.81 bits per heavy atom. The number of benzene rings is 2. The van der Waals surface area contributed by atoms with Gasteiger partial charge in [0, 0.05) is 41.1 Å². The van der Waals surface area contributed by atoms with Crippen LogP contribution in [-0.2, 0) is 16.0 Å². The molecule has 162 valence electrons. The van der Waals surface area contributed by atoms with E-state index < -0.39 is 0 Å². The molecule has 0 unspecified atom stereocenters. The highest BCUT2D eigenvalue weighted by Gasteiger charge is 2.20. The highest BCUT2D eigenvalue weighted by atomic mass is 35.5. The molecule has 0 aliphatic carbocycles. The third-order valence-corrected chi connectivity index (χ3v) is 5.57. The maximum absolute atomic E-state index is 13.0. The number of thiazole rings is 1. The summed E-state index contributed by atoms with van der Waals surface area (Å²) < 4.78 is 4.99. The van der Waals surface area contributed by atoms with Gasteiger partial charge in [0.05, 0.1) is 12.3 Å². The first-order chi connectivity index (χ1) is 15.5. The predicted octanol–water partition coefficient (Wildman–Crippen LogP) is 5.21. The Kier molecular flexibility index (Phi) is 6.63. The zero-order valence-corrected chi connectivity index (χ0v) is 18.7. The number of H-pyrrole nitrogens is 1. The molecular weight excluding hydrogens is 448 g/mol. The van der Waals surface area contributed by atoms with Gasteiger partial charge in [-0.25, -0.2) is 9.97 Å². The summed E-state index contributed by atoms with van der Waals surface area (Å²) in [5, 5.41) is 5.67. The van der Waals surface area contributed by atoms with Crippen molar-refractivity contribution in [2.75, 3.05) is 11.9 Å². The van der Waals surface area contributed by atoms with Crippen LogP contribution in [0.1, 0.15) is 23.0 Å². The van der Waals surface area contributed by atoms with Crippen LogP contribution >= 0.6 is 22.9 Å². The number of esters is 1. The highest BCUT2D eigenvalue weighted by molar-refractivity contribution is 7.13. The van der Waals surface area contributed by atoms with Crippen LogP contribution in [0.3, 0.4) is 0 Å². The second-order valence-electron chi connectivity index (χ2n) is 6.89. The van der Waals surface area contributed by atoms with E-state index in [1.807, 2.05) is 36.4 Å². The number of imidazole rings is 1. The highest BCUT2D eigenvalue weighted by Crippen LogP contribution is 2.28. The largest absolute Gasteiger partial charge is 0.466 e. The van der Waals surface area contributed by atoms with Gasteiger partial charge in [0.1, 0.15) is 5.82 Å². The van der Waals surface area contributed by atoms with Gasteiger partial charge >= 0.3 is 5.97 Å². The number of carbonyl (C=O) groups is 2. The van der Waals surface area contributed by atoms with Crippen molar-refractivity contribution in [1.82, 2.24) is 15.0 Å². The van der Waals surface area contributed by atoms with Crippen LogP contribution in [-0.4, -0.2) is 33.4 Å². The fourth-order valence-corrected chi connectivity index (χ4v) is 3.73. The van der Waals surface area contributed by atoms with Gasteiger partial charge in [0.2, 0.25) is 0 Å². The number of aromatic amines is 1. The van der Waals surface area contributed by atoms with Gasteiger partial charge in [-0.2, -0.15) is 0 Å². The van der Waals surface area contributed by atoms with Crippen LogP contribution in [0.15, 0.2) is 60.1 Å². The number of anilines is 1. The maximum Gasteiger partial charge on any atom is 0.302 e. The van der Waals surface area contributed by atoms with Crippen LogP contribution < -0.4 is 5.32 Å². The average molecular weight is 467 g/mol. The SMILES string of the molecule is CC(=O)OCCc1ccc(-c2nc(C(=O)Nc3nccs3)c(-c3ccc(Cl)cc3)[nH]2)cc1. The molecule has 9 heteroatoms. The number of amides is 1. The molecular formula is C23H19ClN4O3S. The van der Waals surface area contributed by atoms with Crippen molar-refractivity contribution in [1.29, 1.82) is 0 Å². The lowest BCUT2D eigenvalue weighted by Gasteiger charge is -2.03. The van der Waals surface area contributed by atoms with E-state index in [9.17, 15) is 9.59 Å². The lowest BCUT2D eigenvalue weighted by Crippen LogP contribution is -2.13. The minimum atomic E-state index is -0.356. The van der Waals surface area contributed by atoms with Gasteiger partial charge in [-0.15, -0.1) is 11.3 Å². The van der Waals surface area contributed by atoms with Crippen LogP contribution in [0.2, 0.25) is 5.02 Å². The molecule has 2 aromatic carbocycles. The summed E-state index contributed by atoms with van der Waals surface area (Å²) in [5.41, 5.74) is 3.49. The number of ether oxygens (including phenoxy) is 1. The van der Waals surface area contributed by atoms with Gasteiger partial charge in [0.15, 0.2) is 10.8 Å². The number of hydrogen-bond donors (Lipinski definition) is 2. The lowest BCUT2D eigenvalue weighted by molar-refractivity contribution is -0.140. The monoisotopic (exact) mass is 466 g/mol. The van der Waals surface area contributed by atoms with Crippen molar-refractivity contribution in [3.63, 3.8) is 0 Å². The Bertz CT molecular complexity index is 1220. The van der Waals surface area contributed by atoms with Crippen LogP contribution in [0.25, 0.3) is 22.6 Å². The van der Waals surface area contributed by atoms with Crippen LogP contribution in [0.5, 0.6) is 0 Å². The van der Waals surface area contributed by atoms with Crippen LogP contribution in [0.4, 0.5) is 5.13 Å². The maximum atomic E-state index is 13.0. The summed E-state index contributed by atoms with van der Waals surface area (Å²) in [7, 11) is 0. The van der Waals surface area contributed by atoms with Crippen LogP contribution in [0, 0.1) is 0 Å². The second kappa shape index (κ2) is 9.76. The fourth-order valence-electron chi connectivity index (χ4n) is 3.08. The van der Waals surface area contributed by atoms with E-state index in [0.717, 1.165) is 16.7 Å². The first kappa shape index (κ1) is 21.7. The second-order valence-corrected chi connectivity index (χ2v) is 8.23. The molecule has 4 rings (SSSR count). The average Bonchev–Trinajstić information content (AvgIpc) is 3.45. The van der Waals surface area contributed by atoms with Gasteiger partial charge in [-0.3, -0.25) is 14.9 Å². The summed E-state index contributed by atoms with van der Waals surface area (Å²) in [6, 6.07) is 14.9. The summed E-state index contributed by atoms with van der Waals surface area (Å²) in [6.45, 7) is 1.72. The van der Waals surface area contributed by atoms with Crippen molar-refractivity contribution in [3.05, 3.63) is 76.4 Å². The molecule has 0 bridgehead atoms. The quantitative estimate of drug-likeness (QED) is 0.364. The van der Waals surface area contributed by atoms with Gasteiger partial charge < -0.3 is 9.72 Å². The third kappa shape index (κ3) is 5.22. The Labute approximate surface area is 193 Å². The number of carbonyl (C=O) groups excluding carboxylic acids is 2. The molecule has 0 radical (unpaired) electrons. The molecule has 7 nitrogen and oxygen atoms in total. The molecule has 0 atom stereocenters. The van der Waals surface area contributed by atoms with E-state index in [0.29, 0.717) is 34.7 Å². The van der Waals surface area contributed by atoms with Crippen molar-refractivity contribution in [3.8, 4) is 22.6 Å². The molecule has 0 aliphatic rings. The third-order valence-electron chi connectivity index (χ3n) is 4.63. The predicted molar refractivity (Wildman–Crippen MR) is 125 cm³/mol. The summed E-state index contributed by atoms with van der Waals surface area (Å²) in [6.07, 6.45) is 2.24. The van der Waals surface area contributed by atoms with Crippen molar-refractivity contribution in [2.24, 2.45) is 0 Å². The Balaban J connectivity index is 1.63. The summed E-state index contributed by atoms with van der Waals surface area (Å²) >= 11 is 7.36. The summed E-state index contributed by atoms with van der Waals surface area (Å²) in [5.74, 6) is -0.0911. The molecule has 1 amide bonds. The Hall–Kier alpha value is -3.49. The Morgan fingerprint density at radius 3 is 2.47 bits per heavy atom. The van der Waals surface area contributed by atoms with Gasteiger partial charge in [0.25, 0.3) is 5.91 Å². The van der Waals surface area contributed by atoms with Crippen molar-refractivity contribution < 1.29 is 14.3 Å². The number of aromatic nitrogens is 3. The smallest absolute Gasteiger partial charge is 0.302 e. The molecule has 0 fully saturated rings. The van der Waals surface area contributed by atoms with Gasteiger partial charge in [-0.05, 0) is 17.7 Å². The number of rotatable bonds is 7. The number of halogens is 1. The molecule has 2 N–H and O–H groups in total. The zero-order chi connectivity index (χ0) is 22.5. The van der Waals surface area contributed by atoms with E-state index in [4.69, 9.17) is 16.3 Å². The number of hydrogen-bond acceptors (Lipinski definition) is 6. The topological polar surface area (TPSA) is 97.0 Å². The molecule has 0 aliphatic heterocycles. The Morgan fingerprint density at radius 1 is 1.09 bits per heavy atom. The molecule has 0 spiro atoms. The first-order valence-corrected chi connectivity index (χ1v) is 11.0. The first-order valence-electron chi connectivity index (χ1n) is 9.79. The van der Waals surface area contributed by atoms with E-state index in [-0.39, 0.29) is 17.6 Å². The number of nitrogens with one attached hydrogen (secondary N) is 2. The number of nitrogens with zero attached hydrogens (tertiary/aromatic N) is 2. The van der Waals surface area contributed by atoms with E-state index >= 15 is 0 Å². The van der Waals surface area contributed by atoms with Crippen molar-refractivity contribution in [2.45, 2.75) is 13.3 Å². The van der Waals surface area contributed by atoms with Crippen molar-refractivity contribution >= 4 is 39.9 Å². The van der Waals surface area contributed by atoms with E-state index in [1.54, 1.807) is 23.7 Å². The molecule has 0 saturated heterocycles. The molecule has 32 heavy (non-hydrogen) atoms. The minimum Gasteiger partial charge on any atom is -0.466 e. The normalized spacial score (nSPS) is 10.7. The minimum absolute atomic E-state index is 0.261. The zero-order valence-electron chi connectivity index (χ0n) is 17.1. The molecule has 0 saturated carbocycles. The molecule has 2 heterocycles. The summed E-state index contributed by atoms with van der Waals surface area (Å²) in [4.78, 5) is 35.8. The van der Waals surface area contributed by atoms with Gasteiger partial charge in [-0.1, -0.05) is 48.0 Å². The molecule has 2 aromatic heterocycles. The van der Waals surface area contributed by atoms with E-state index in [2.05, 4.69) is 20.3 Å².